The SMILES string of the molecule is C[C@H]1CN(C(=O)C(Cl)Cl)[C@@H](C)CN1C(=O)C(Cl)Cl. The van der Waals surface area contributed by atoms with Crippen molar-refractivity contribution in [3.05, 3.63) is 0 Å². The average molecular weight is 336 g/mol. The van der Waals surface area contributed by atoms with Crippen LogP contribution in [0.4, 0.5) is 0 Å². The van der Waals surface area contributed by atoms with Crippen LogP contribution in [0.3, 0.4) is 0 Å². The van der Waals surface area contributed by atoms with Crippen molar-refractivity contribution in [2.24, 2.45) is 0 Å². The quantitative estimate of drug-likeness (QED) is 0.724. The molecular formula is C10H14Cl4N2O2. The zero-order valence-electron chi connectivity index (χ0n) is 9.95. The minimum absolute atomic E-state index is 0.176. The fourth-order valence-electron chi connectivity index (χ4n) is 1.99. The summed E-state index contributed by atoms with van der Waals surface area (Å²) in [7, 11) is 0. The molecule has 0 aromatic rings. The lowest BCUT2D eigenvalue weighted by Crippen LogP contribution is -2.61. The van der Waals surface area contributed by atoms with Gasteiger partial charge in [-0.05, 0) is 13.8 Å². The number of halogens is 4. The summed E-state index contributed by atoms with van der Waals surface area (Å²) in [6, 6.07) is -0.352. The summed E-state index contributed by atoms with van der Waals surface area (Å²) in [5.74, 6) is -0.698. The van der Waals surface area contributed by atoms with Crippen LogP contribution in [0.5, 0.6) is 0 Å². The molecule has 0 N–H and O–H groups in total. The van der Waals surface area contributed by atoms with Crippen molar-refractivity contribution in [2.45, 2.75) is 35.6 Å². The Morgan fingerprint density at radius 2 is 1.17 bits per heavy atom. The van der Waals surface area contributed by atoms with Gasteiger partial charge in [0, 0.05) is 25.2 Å². The smallest absolute Gasteiger partial charge is 0.256 e. The predicted octanol–water partition coefficient (Wildman–Crippen LogP) is 2.04. The van der Waals surface area contributed by atoms with E-state index in [0.29, 0.717) is 13.1 Å². The number of piperazine rings is 1. The third-order valence-corrected chi connectivity index (χ3v) is 3.67. The third-order valence-electron chi connectivity index (χ3n) is 2.93. The second-order valence-corrected chi connectivity index (χ2v) is 6.47. The maximum absolute atomic E-state index is 11.8. The summed E-state index contributed by atoms with van der Waals surface area (Å²) < 4.78 is 0. The van der Waals surface area contributed by atoms with Crippen LogP contribution in [0.2, 0.25) is 0 Å². The van der Waals surface area contributed by atoms with E-state index in [1.807, 2.05) is 13.8 Å². The highest BCUT2D eigenvalue weighted by Gasteiger charge is 2.37. The van der Waals surface area contributed by atoms with Crippen molar-refractivity contribution < 1.29 is 9.59 Å². The molecule has 0 saturated carbocycles. The van der Waals surface area contributed by atoms with Crippen molar-refractivity contribution >= 4 is 58.2 Å². The standard InChI is InChI=1S/C10H14Cl4N2O2/c1-5-3-16(10(18)8(13)14)6(2)4-15(5)9(17)7(11)12/h5-8H,3-4H2,1-2H3/t5-,6-/m0/s1. The lowest BCUT2D eigenvalue weighted by Gasteiger charge is -2.44. The molecule has 8 heteroatoms. The fourth-order valence-corrected chi connectivity index (χ4v) is 2.49. The number of hydrogen-bond donors (Lipinski definition) is 0. The van der Waals surface area contributed by atoms with E-state index in [2.05, 4.69) is 0 Å². The number of carbonyl (C=O) groups is 2. The van der Waals surface area contributed by atoms with Crippen LogP contribution < -0.4 is 0 Å². The lowest BCUT2D eigenvalue weighted by molar-refractivity contribution is -0.143. The normalized spacial score (nSPS) is 24.9. The molecule has 18 heavy (non-hydrogen) atoms. The number of rotatable bonds is 2. The molecule has 0 bridgehead atoms. The van der Waals surface area contributed by atoms with Gasteiger partial charge in [-0.1, -0.05) is 46.4 Å². The van der Waals surface area contributed by atoms with E-state index in [1.165, 1.54) is 0 Å². The van der Waals surface area contributed by atoms with E-state index in [9.17, 15) is 9.59 Å². The summed E-state index contributed by atoms with van der Waals surface area (Å²) in [5.41, 5.74) is 0. The molecule has 0 aromatic heterocycles. The van der Waals surface area contributed by atoms with Gasteiger partial charge in [0.25, 0.3) is 11.8 Å². The molecule has 1 aliphatic heterocycles. The average Bonchev–Trinajstić information content (AvgIpc) is 2.29. The third kappa shape index (κ3) is 3.56. The van der Waals surface area contributed by atoms with Gasteiger partial charge >= 0.3 is 0 Å². The Kier molecular flexibility index (Phi) is 5.84. The Bertz CT molecular complexity index is 306. The van der Waals surface area contributed by atoms with Crippen LogP contribution >= 0.6 is 46.4 Å². The van der Waals surface area contributed by atoms with Crippen LogP contribution in [-0.4, -0.2) is 56.5 Å². The van der Waals surface area contributed by atoms with E-state index in [1.54, 1.807) is 9.80 Å². The van der Waals surface area contributed by atoms with Gasteiger partial charge in [0.1, 0.15) is 0 Å². The molecule has 1 heterocycles. The zero-order valence-corrected chi connectivity index (χ0v) is 13.0. The molecule has 0 aliphatic carbocycles. The van der Waals surface area contributed by atoms with Crippen molar-refractivity contribution in [3.63, 3.8) is 0 Å². The molecule has 2 atom stereocenters. The lowest BCUT2D eigenvalue weighted by atomic mass is 10.1. The molecule has 4 nitrogen and oxygen atoms in total. The van der Waals surface area contributed by atoms with E-state index in [-0.39, 0.29) is 23.9 Å². The van der Waals surface area contributed by atoms with Crippen LogP contribution in [-0.2, 0) is 9.59 Å². The largest absolute Gasteiger partial charge is 0.334 e. The number of carbonyl (C=O) groups excluding carboxylic acids is 2. The Labute approximate surface area is 126 Å². The summed E-state index contributed by atoms with van der Waals surface area (Å²) in [5, 5.41) is 0. The van der Waals surface area contributed by atoms with E-state index in [4.69, 9.17) is 46.4 Å². The first-order chi connectivity index (χ1) is 8.25. The number of amides is 2. The van der Waals surface area contributed by atoms with E-state index < -0.39 is 9.67 Å². The molecule has 2 amide bonds. The van der Waals surface area contributed by atoms with Gasteiger partial charge in [-0.25, -0.2) is 0 Å². The van der Waals surface area contributed by atoms with Gasteiger partial charge in [-0.3, -0.25) is 9.59 Å². The number of hydrogen-bond acceptors (Lipinski definition) is 2. The monoisotopic (exact) mass is 334 g/mol. The number of nitrogens with zero attached hydrogens (tertiary/aromatic N) is 2. The highest BCUT2D eigenvalue weighted by atomic mass is 35.5. The molecule has 0 aromatic carbocycles. The second-order valence-electron chi connectivity index (χ2n) is 4.28. The van der Waals surface area contributed by atoms with Crippen molar-refractivity contribution in [1.29, 1.82) is 0 Å². The first-order valence-corrected chi connectivity index (χ1v) is 7.17. The molecule has 1 aliphatic rings. The van der Waals surface area contributed by atoms with Crippen molar-refractivity contribution in [2.75, 3.05) is 13.1 Å². The van der Waals surface area contributed by atoms with Crippen molar-refractivity contribution in [1.82, 2.24) is 9.80 Å². The highest BCUT2D eigenvalue weighted by molar-refractivity contribution is 6.54. The zero-order chi connectivity index (χ0) is 14.0. The minimum Gasteiger partial charge on any atom is -0.334 e. The van der Waals surface area contributed by atoms with E-state index in [0.717, 1.165) is 0 Å². The Hall–Kier alpha value is 0.1000. The van der Waals surface area contributed by atoms with Gasteiger partial charge in [-0.15, -0.1) is 0 Å². The number of alkyl halides is 4. The van der Waals surface area contributed by atoms with Crippen LogP contribution in [0.1, 0.15) is 13.8 Å². The first-order valence-electron chi connectivity index (χ1n) is 5.43. The first kappa shape index (κ1) is 16.2. The van der Waals surface area contributed by atoms with Gasteiger partial charge in [0.15, 0.2) is 9.67 Å². The topological polar surface area (TPSA) is 40.6 Å². The molecule has 0 spiro atoms. The van der Waals surface area contributed by atoms with Gasteiger partial charge < -0.3 is 9.80 Å². The molecule has 0 unspecified atom stereocenters. The Morgan fingerprint density at radius 1 is 0.889 bits per heavy atom. The maximum Gasteiger partial charge on any atom is 0.256 e. The maximum atomic E-state index is 11.8. The molecular weight excluding hydrogens is 322 g/mol. The highest BCUT2D eigenvalue weighted by Crippen LogP contribution is 2.21. The Morgan fingerprint density at radius 3 is 1.39 bits per heavy atom. The second kappa shape index (κ2) is 6.51. The summed E-state index contributed by atoms with van der Waals surface area (Å²) >= 11 is 22.3. The van der Waals surface area contributed by atoms with Crippen LogP contribution in [0.25, 0.3) is 0 Å². The van der Waals surface area contributed by atoms with Crippen molar-refractivity contribution in [3.8, 4) is 0 Å². The van der Waals surface area contributed by atoms with Gasteiger partial charge in [0.2, 0.25) is 0 Å². The van der Waals surface area contributed by atoms with Crippen LogP contribution in [0.15, 0.2) is 0 Å². The molecule has 1 rings (SSSR count). The molecule has 104 valence electrons. The van der Waals surface area contributed by atoms with Gasteiger partial charge in [-0.2, -0.15) is 0 Å². The summed E-state index contributed by atoms with van der Waals surface area (Å²) in [6.07, 6.45) is 0. The van der Waals surface area contributed by atoms with Crippen LogP contribution in [0, 0.1) is 0 Å². The molecule has 0 radical (unpaired) electrons. The summed E-state index contributed by atoms with van der Waals surface area (Å²) in [4.78, 5) is 24.5. The molecule has 1 saturated heterocycles. The summed E-state index contributed by atoms with van der Waals surface area (Å²) in [6.45, 7) is 4.36. The van der Waals surface area contributed by atoms with Gasteiger partial charge in [0.05, 0.1) is 0 Å². The van der Waals surface area contributed by atoms with E-state index >= 15 is 0 Å². The Balaban J connectivity index is 2.76. The minimum atomic E-state index is -1.09. The predicted molar refractivity (Wildman–Crippen MR) is 73.3 cm³/mol. The molecule has 1 fully saturated rings. The fraction of sp³-hybridized carbons (Fsp3) is 0.800.